The standard InChI is InChI=1S/C21H22N2O5/c1-11-10-27-17-9-18-15(7-14(11)17)12(2)16(21(26)28-18)8-19(24)23-5-3-13(4-6-23)20(22)25/h7,9-10,13H,3-6,8H2,1-2H3,(H2,22,25). The summed E-state index contributed by atoms with van der Waals surface area (Å²) in [5.74, 6) is -0.644. The third kappa shape index (κ3) is 3.06. The van der Waals surface area contributed by atoms with Gasteiger partial charge in [-0.3, -0.25) is 9.59 Å². The predicted molar refractivity (Wildman–Crippen MR) is 104 cm³/mol. The zero-order valence-electron chi connectivity index (χ0n) is 15.9. The van der Waals surface area contributed by atoms with Crippen LogP contribution in [-0.4, -0.2) is 29.8 Å². The van der Waals surface area contributed by atoms with Gasteiger partial charge in [0.15, 0.2) is 0 Å². The van der Waals surface area contributed by atoms with Crippen LogP contribution in [0.15, 0.2) is 32.0 Å². The van der Waals surface area contributed by atoms with Crippen molar-refractivity contribution in [1.82, 2.24) is 4.90 Å². The number of carbonyl (C=O) groups is 2. The normalized spacial score (nSPS) is 15.4. The first kappa shape index (κ1) is 18.3. The van der Waals surface area contributed by atoms with Gasteiger partial charge in [0, 0.05) is 35.8 Å². The van der Waals surface area contributed by atoms with Crippen LogP contribution in [0.4, 0.5) is 0 Å². The molecule has 2 aromatic heterocycles. The predicted octanol–water partition coefficient (Wildman–Crippen LogP) is 2.42. The van der Waals surface area contributed by atoms with Crippen LogP contribution in [0, 0.1) is 19.8 Å². The zero-order valence-corrected chi connectivity index (χ0v) is 15.9. The lowest BCUT2D eigenvalue weighted by molar-refractivity contribution is -0.134. The van der Waals surface area contributed by atoms with E-state index in [1.165, 1.54) is 0 Å². The van der Waals surface area contributed by atoms with E-state index < -0.39 is 5.63 Å². The number of fused-ring (bicyclic) bond motifs is 2. The number of nitrogens with two attached hydrogens (primary N) is 1. The average molecular weight is 382 g/mol. The number of nitrogens with zero attached hydrogens (tertiary/aromatic N) is 1. The Bertz CT molecular complexity index is 1150. The molecule has 2 N–H and O–H groups in total. The lowest BCUT2D eigenvalue weighted by Gasteiger charge is -2.30. The molecule has 2 amide bonds. The Balaban J connectivity index is 1.64. The Kier molecular flexibility index (Phi) is 4.45. The molecule has 1 fully saturated rings. The van der Waals surface area contributed by atoms with Gasteiger partial charge < -0.3 is 19.5 Å². The van der Waals surface area contributed by atoms with Crippen molar-refractivity contribution in [2.24, 2.45) is 11.7 Å². The van der Waals surface area contributed by atoms with Crippen molar-refractivity contribution in [1.29, 1.82) is 0 Å². The number of furan rings is 1. The number of benzene rings is 1. The van der Waals surface area contributed by atoms with Crippen LogP contribution in [0.1, 0.15) is 29.5 Å². The summed E-state index contributed by atoms with van der Waals surface area (Å²) in [6, 6.07) is 3.65. The fourth-order valence-electron chi connectivity index (χ4n) is 3.92. The highest BCUT2D eigenvalue weighted by Gasteiger charge is 2.27. The second-order valence-corrected chi connectivity index (χ2v) is 7.49. The van der Waals surface area contributed by atoms with Gasteiger partial charge in [-0.1, -0.05) is 0 Å². The molecule has 3 heterocycles. The van der Waals surface area contributed by atoms with E-state index in [2.05, 4.69) is 0 Å². The van der Waals surface area contributed by atoms with Gasteiger partial charge in [0.25, 0.3) is 0 Å². The summed E-state index contributed by atoms with van der Waals surface area (Å²) in [7, 11) is 0. The summed E-state index contributed by atoms with van der Waals surface area (Å²) < 4.78 is 11.0. The number of amides is 2. The van der Waals surface area contributed by atoms with Crippen molar-refractivity contribution in [3.05, 3.63) is 45.5 Å². The Morgan fingerprint density at radius 1 is 1.14 bits per heavy atom. The molecular formula is C21H22N2O5. The van der Waals surface area contributed by atoms with E-state index in [9.17, 15) is 14.4 Å². The zero-order chi connectivity index (χ0) is 20.0. The van der Waals surface area contributed by atoms with Gasteiger partial charge in [-0.05, 0) is 43.9 Å². The van der Waals surface area contributed by atoms with E-state index in [1.54, 1.807) is 17.2 Å². The molecule has 1 aromatic carbocycles. The lowest BCUT2D eigenvalue weighted by atomic mass is 9.95. The summed E-state index contributed by atoms with van der Waals surface area (Å²) in [5.41, 5.74) is 8.06. The number of carbonyl (C=O) groups excluding carboxylic acids is 2. The Morgan fingerprint density at radius 2 is 1.86 bits per heavy atom. The highest BCUT2D eigenvalue weighted by Crippen LogP contribution is 2.29. The highest BCUT2D eigenvalue weighted by molar-refractivity contribution is 5.96. The number of likely N-dealkylation sites (tertiary alicyclic amines) is 1. The smallest absolute Gasteiger partial charge is 0.340 e. The van der Waals surface area contributed by atoms with Gasteiger partial charge in [-0.15, -0.1) is 0 Å². The largest absolute Gasteiger partial charge is 0.464 e. The molecule has 0 saturated carbocycles. The van der Waals surface area contributed by atoms with Crippen molar-refractivity contribution < 1.29 is 18.4 Å². The fourth-order valence-corrected chi connectivity index (χ4v) is 3.92. The number of hydrogen-bond donors (Lipinski definition) is 1. The van der Waals surface area contributed by atoms with Crippen molar-refractivity contribution in [3.8, 4) is 0 Å². The van der Waals surface area contributed by atoms with Crippen LogP contribution in [0.3, 0.4) is 0 Å². The topological polar surface area (TPSA) is 107 Å². The summed E-state index contributed by atoms with van der Waals surface area (Å²) >= 11 is 0. The van der Waals surface area contributed by atoms with E-state index in [0.717, 1.165) is 21.9 Å². The van der Waals surface area contributed by atoms with Crippen LogP contribution >= 0.6 is 0 Å². The van der Waals surface area contributed by atoms with Gasteiger partial charge in [0.2, 0.25) is 11.8 Å². The molecule has 0 unspecified atom stereocenters. The third-order valence-corrected chi connectivity index (χ3v) is 5.75. The monoisotopic (exact) mass is 382 g/mol. The molecule has 0 atom stereocenters. The molecule has 146 valence electrons. The molecular weight excluding hydrogens is 360 g/mol. The Morgan fingerprint density at radius 3 is 2.54 bits per heavy atom. The highest BCUT2D eigenvalue weighted by atomic mass is 16.4. The molecule has 0 radical (unpaired) electrons. The Hall–Kier alpha value is -3.09. The van der Waals surface area contributed by atoms with Crippen LogP contribution in [-0.2, 0) is 16.0 Å². The molecule has 1 saturated heterocycles. The van der Waals surface area contributed by atoms with Gasteiger partial charge >= 0.3 is 5.63 Å². The fraction of sp³-hybridized carbons (Fsp3) is 0.381. The van der Waals surface area contributed by atoms with Gasteiger partial charge in [-0.2, -0.15) is 0 Å². The molecule has 7 heteroatoms. The molecule has 3 aromatic rings. The molecule has 4 rings (SSSR count). The summed E-state index contributed by atoms with van der Waals surface area (Å²) in [6.45, 7) is 4.73. The van der Waals surface area contributed by atoms with Crippen molar-refractivity contribution >= 4 is 33.8 Å². The summed E-state index contributed by atoms with van der Waals surface area (Å²) in [6.07, 6.45) is 2.76. The maximum atomic E-state index is 12.7. The number of hydrogen-bond acceptors (Lipinski definition) is 5. The van der Waals surface area contributed by atoms with Gasteiger partial charge in [0.1, 0.15) is 11.2 Å². The minimum absolute atomic E-state index is 0.0201. The first-order valence-corrected chi connectivity index (χ1v) is 9.36. The molecule has 28 heavy (non-hydrogen) atoms. The van der Waals surface area contributed by atoms with Gasteiger partial charge in [0.05, 0.1) is 18.2 Å². The van der Waals surface area contributed by atoms with Crippen molar-refractivity contribution in [2.45, 2.75) is 33.1 Å². The van der Waals surface area contributed by atoms with Crippen molar-refractivity contribution in [2.75, 3.05) is 13.1 Å². The summed E-state index contributed by atoms with van der Waals surface area (Å²) in [5, 5.41) is 1.75. The van der Waals surface area contributed by atoms with Crippen LogP contribution in [0.25, 0.3) is 21.9 Å². The van der Waals surface area contributed by atoms with E-state index in [1.807, 2.05) is 19.9 Å². The molecule has 0 bridgehead atoms. The second-order valence-electron chi connectivity index (χ2n) is 7.49. The number of rotatable bonds is 3. The van der Waals surface area contributed by atoms with E-state index in [4.69, 9.17) is 14.6 Å². The van der Waals surface area contributed by atoms with Crippen molar-refractivity contribution in [3.63, 3.8) is 0 Å². The molecule has 1 aliphatic heterocycles. The first-order chi connectivity index (χ1) is 13.3. The average Bonchev–Trinajstić information content (AvgIpc) is 3.03. The van der Waals surface area contributed by atoms with Crippen LogP contribution in [0.2, 0.25) is 0 Å². The minimum atomic E-state index is -0.506. The van der Waals surface area contributed by atoms with E-state index in [0.29, 0.717) is 42.7 Å². The first-order valence-electron chi connectivity index (χ1n) is 9.36. The number of aryl methyl sites for hydroxylation is 2. The van der Waals surface area contributed by atoms with Crippen LogP contribution in [0.5, 0.6) is 0 Å². The second kappa shape index (κ2) is 6.82. The SMILES string of the molecule is Cc1coc2cc3oc(=O)c(CC(=O)N4CCC(C(N)=O)CC4)c(C)c3cc12. The summed E-state index contributed by atoms with van der Waals surface area (Å²) in [4.78, 5) is 38.2. The number of primary amides is 1. The quantitative estimate of drug-likeness (QED) is 0.700. The lowest BCUT2D eigenvalue weighted by Crippen LogP contribution is -2.42. The molecule has 0 aliphatic carbocycles. The van der Waals surface area contributed by atoms with Gasteiger partial charge in [-0.25, -0.2) is 4.79 Å². The maximum Gasteiger partial charge on any atom is 0.340 e. The molecule has 7 nitrogen and oxygen atoms in total. The van der Waals surface area contributed by atoms with Crippen LogP contribution < -0.4 is 11.4 Å². The minimum Gasteiger partial charge on any atom is -0.464 e. The maximum absolute atomic E-state index is 12.7. The number of piperidine rings is 1. The third-order valence-electron chi connectivity index (χ3n) is 5.75. The Labute approximate surface area is 161 Å². The molecule has 0 spiro atoms. The van der Waals surface area contributed by atoms with E-state index >= 15 is 0 Å². The molecule has 1 aliphatic rings. The van der Waals surface area contributed by atoms with E-state index in [-0.39, 0.29) is 24.2 Å².